The van der Waals surface area contributed by atoms with Gasteiger partial charge in [-0.2, -0.15) is 0 Å². The van der Waals surface area contributed by atoms with E-state index in [1.54, 1.807) is 19.2 Å². The number of carbonyl (C=O) groups excluding carboxylic acids is 1. The Kier molecular flexibility index (Phi) is 3.86. The number of hydrogen-bond donors (Lipinski definition) is 2. The van der Waals surface area contributed by atoms with Gasteiger partial charge in [0.05, 0.1) is 0 Å². The van der Waals surface area contributed by atoms with E-state index in [1.807, 2.05) is 24.3 Å². The normalized spacial score (nSPS) is 13.0. The van der Waals surface area contributed by atoms with Gasteiger partial charge in [-0.3, -0.25) is 9.59 Å². The highest BCUT2D eigenvalue weighted by Crippen LogP contribution is 2.17. The fourth-order valence-corrected chi connectivity index (χ4v) is 3.30. The van der Waals surface area contributed by atoms with Crippen LogP contribution in [0.25, 0.3) is 10.8 Å². The summed E-state index contributed by atoms with van der Waals surface area (Å²) < 4.78 is 1.41. The fraction of sp³-hybridized carbons (Fsp3) is 0.200. The van der Waals surface area contributed by atoms with Gasteiger partial charge in [0.1, 0.15) is 5.69 Å². The number of amides is 1. The molecule has 0 atom stereocenters. The largest absolute Gasteiger partial charge is 0.347 e. The number of rotatable bonds is 3. The van der Waals surface area contributed by atoms with Crippen molar-refractivity contribution >= 4 is 16.7 Å². The molecule has 1 aliphatic heterocycles. The second kappa shape index (κ2) is 6.18. The summed E-state index contributed by atoms with van der Waals surface area (Å²) in [6, 6.07) is 15.3. The first-order chi connectivity index (χ1) is 12.1. The van der Waals surface area contributed by atoms with Crippen LogP contribution in [0.5, 0.6) is 0 Å². The molecule has 0 saturated carbocycles. The van der Waals surface area contributed by atoms with E-state index in [4.69, 9.17) is 0 Å². The summed E-state index contributed by atoms with van der Waals surface area (Å²) in [5.41, 5.74) is 3.86. The summed E-state index contributed by atoms with van der Waals surface area (Å²) in [6.07, 6.45) is 0. The number of nitrogens with one attached hydrogen (secondary N) is 2. The van der Waals surface area contributed by atoms with Crippen LogP contribution in [-0.4, -0.2) is 10.5 Å². The van der Waals surface area contributed by atoms with E-state index in [1.165, 1.54) is 15.7 Å². The third-order valence-corrected chi connectivity index (χ3v) is 4.74. The number of pyridine rings is 1. The molecule has 2 aromatic carbocycles. The molecule has 25 heavy (non-hydrogen) atoms. The third-order valence-electron chi connectivity index (χ3n) is 4.74. The van der Waals surface area contributed by atoms with Crippen molar-refractivity contribution in [2.45, 2.75) is 19.6 Å². The van der Waals surface area contributed by atoms with Crippen molar-refractivity contribution in [3.63, 3.8) is 0 Å². The molecule has 1 aliphatic rings. The van der Waals surface area contributed by atoms with Crippen LogP contribution in [0.4, 0.5) is 0 Å². The summed E-state index contributed by atoms with van der Waals surface area (Å²) in [4.78, 5) is 25.0. The van der Waals surface area contributed by atoms with Crippen LogP contribution in [0.3, 0.4) is 0 Å². The summed E-state index contributed by atoms with van der Waals surface area (Å²) in [5.74, 6) is -0.246. The molecule has 0 saturated heterocycles. The van der Waals surface area contributed by atoms with Gasteiger partial charge in [0.2, 0.25) is 0 Å². The number of hydrogen-bond acceptors (Lipinski definition) is 3. The predicted molar refractivity (Wildman–Crippen MR) is 97.3 cm³/mol. The fourth-order valence-electron chi connectivity index (χ4n) is 3.30. The lowest BCUT2D eigenvalue weighted by Crippen LogP contribution is -2.30. The van der Waals surface area contributed by atoms with Crippen LogP contribution in [0.2, 0.25) is 0 Å². The summed E-state index contributed by atoms with van der Waals surface area (Å²) in [6.45, 7) is 2.21. The van der Waals surface area contributed by atoms with E-state index in [2.05, 4.69) is 22.8 Å². The molecule has 0 spiro atoms. The molecule has 4 rings (SSSR count). The Hall–Kier alpha value is -2.92. The Morgan fingerprint density at radius 3 is 2.80 bits per heavy atom. The van der Waals surface area contributed by atoms with Gasteiger partial charge in [0.15, 0.2) is 0 Å². The molecule has 2 heterocycles. The highest BCUT2D eigenvalue weighted by Gasteiger charge is 2.14. The number of aromatic nitrogens is 1. The molecule has 5 nitrogen and oxygen atoms in total. The zero-order chi connectivity index (χ0) is 17.4. The smallest absolute Gasteiger partial charge is 0.268 e. The Morgan fingerprint density at radius 2 is 1.92 bits per heavy atom. The molecule has 1 amide bonds. The molecule has 0 unspecified atom stereocenters. The lowest BCUT2D eigenvalue weighted by atomic mass is 10.1. The molecule has 0 fully saturated rings. The second-order valence-corrected chi connectivity index (χ2v) is 6.37. The Labute approximate surface area is 145 Å². The molecular weight excluding hydrogens is 314 g/mol. The van der Waals surface area contributed by atoms with Gasteiger partial charge < -0.3 is 15.2 Å². The number of carbonyl (C=O) groups is 1. The van der Waals surface area contributed by atoms with Crippen molar-refractivity contribution in [2.24, 2.45) is 7.05 Å². The zero-order valence-electron chi connectivity index (χ0n) is 14.0. The van der Waals surface area contributed by atoms with Crippen LogP contribution in [0, 0.1) is 0 Å². The van der Waals surface area contributed by atoms with Crippen molar-refractivity contribution in [3.8, 4) is 0 Å². The van der Waals surface area contributed by atoms with Crippen molar-refractivity contribution < 1.29 is 4.79 Å². The average Bonchev–Trinajstić information content (AvgIpc) is 3.10. The first-order valence-electron chi connectivity index (χ1n) is 8.32. The van der Waals surface area contributed by atoms with Gasteiger partial charge in [0.25, 0.3) is 11.5 Å². The number of nitrogens with zero attached hydrogens (tertiary/aromatic N) is 1. The topological polar surface area (TPSA) is 63.1 Å². The Morgan fingerprint density at radius 1 is 1.12 bits per heavy atom. The van der Waals surface area contributed by atoms with Crippen LogP contribution < -0.4 is 16.2 Å². The van der Waals surface area contributed by atoms with Gasteiger partial charge in [-0.1, -0.05) is 36.4 Å². The van der Waals surface area contributed by atoms with Crippen molar-refractivity contribution in [2.75, 3.05) is 0 Å². The van der Waals surface area contributed by atoms with E-state index in [0.717, 1.165) is 24.0 Å². The molecule has 3 aromatic rings. The zero-order valence-corrected chi connectivity index (χ0v) is 14.0. The molecule has 0 aliphatic carbocycles. The van der Waals surface area contributed by atoms with Gasteiger partial charge in [-0.15, -0.1) is 0 Å². The molecule has 1 aromatic heterocycles. The van der Waals surface area contributed by atoms with Crippen molar-refractivity contribution in [1.29, 1.82) is 0 Å². The molecular formula is C20H19N3O2. The predicted octanol–water partition coefficient (Wildman–Crippen LogP) is 2.07. The highest BCUT2D eigenvalue weighted by atomic mass is 16.2. The first kappa shape index (κ1) is 15.6. The Bertz CT molecular complexity index is 1040. The maximum atomic E-state index is 12.6. The standard InChI is InChI=1S/C20H19N3O2/c1-23-18(9-14-4-2-3-5-17(14)20(23)25)19(24)22-10-13-6-7-15-11-21-12-16(15)8-13/h2-9,21H,10-12H2,1H3,(H,22,24). The molecule has 126 valence electrons. The average molecular weight is 333 g/mol. The maximum absolute atomic E-state index is 12.6. The summed E-state index contributed by atoms with van der Waals surface area (Å²) in [7, 11) is 1.63. The van der Waals surface area contributed by atoms with Gasteiger partial charge in [-0.05, 0) is 34.2 Å². The minimum atomic E-state index is -0.246. The van der Waals surface area contributed by atoms with Crippen LogP contribution in [0.15, 0.2) is 53.3 Å². The molecule has 0 radical (unpaired) electrons. The van der Waals surface area contributed by atoms with Crippen LogP contribution in [-0.2, 0) is 26.7 Å². The molecule has 2 N–H and O–H groups in total. The minimum Gasteiger partial charge on any atom is -0.347 e. The maximum Gasteiger partial charge on any atom is 0.268 e. The van der Waals surface area contributed by atoms with Crippen molar-refractivity contribution in [1.82, 2.24) is 15.2 Å². The van der Waals surface area contributed by atoms with Crippen LogP contribution >= 0.6 is 0 Å². The molecule has 0 bridgehead atoms. The van der Waals surface area contributed by atoms with E-state index < -0.39 is 0 Å². The van der Waals surface area contributed by atoms with E-state index in [0.29, 0.717) is 17.6 Å². The highest BCUT2D eigenvalue weighted by molar-refractivity contribution is 5.96. The molecule has 5 heteroatoms. The van der Waals surface area contributed by atoms with E-state index in [9.17, 15) is 9.59 Å². The second-order valence-electron chi connectivity index (χ2n) is 6.37. The van der Waals surface area contributed by atoms with Crippen LogP contribution in [0.1, 0.15) is 27.2 Å². The van der Waals surface area contributed by atoms with E-state index in [-0.39, 0.29) is 11.5 Å². The van der Waals surface area contributed by atoms with E-state index >= 15 is 0 Å². The van der Waals surface area contributed by atoms with Crippen molar-refractivity contribution in [3.05, 3.63) is 81.3 Å². The van der Waals surface area contributed by atoms with Gasteiger partial charge in [-0.25, -0.2) is 0 Å². The SMILES string of the molecule is Cn1c(C(=O)NCc2ccc3c(c2)CNC3)cc2ccccc2c1=O. The monoisotopic (exact) mass is 333 g/mol. The number of benzene rings is 2. The van der Waals surface area contributed by atoms with Gasteiger partial charge >= 0.3 is 0 Å². The lowest BCUT2D eigenvalue weighted by molar-refractivity contribution is 0.0941. The minimum absolute atomic E-state index is 0.160. The third kappa shape index (κ3) is 2.83. The first-order valence-corrected chi connectivity index (χ1v) is 8.32. The quantitative estimate of drug-likeness (QED) is 0.771. The van der Waals surface area contributed by atoms with Gasteiger partial charge in [0, 0.05) is 32.1 Å². The number of fused-ring (bicyclic) bond motifs is 2. The Balaban J connectivity index is 1.58. The lowest BCUT2D eigenvalue weighted by Gasteiger charge is -2.11. The summed E-state index contributed by atoms with van der Waals surface area (Å²) >= 11 is 0. The summed E-state index contributed by atoms with van der Waals surface area (Å²) in [5, 5.41) is 7.63.